The summed E-state index contributed by atoms with van der Waals surface area (Å²) in [5.41, 5.74) is 3.03. The Morgan fingerprint density at radius 2 is 1.66 bits per heavy atom. The zero-order valence-corrected chi connectivity index (χ0v) is 23.3. The molecule has 0 aliphatic heterocycles. The molecule has 2 amide bonds. The monoisotopic (exact) mass is 537 g/mol. The molecular weight excluding hydrogens is 502 g/mol. The van der Waals surface area contributed by atoms with Crippen LogP contribution in [0.4, 0.5) is 5.69 Å². The van der Waals surface area contributed by atoms with Gasteiger partial charge in [-0.15, -0.1) is 0 Å². The van der Waals surface area contributed by atoms with Gasteiger partial charge in [-0.1, -0.05) is 43.3 Å². The Kier molecular flexibility index (Phi) is 9.52. The summed E-state index contributed by atoms with van der Waals surface area (Å²) in [7, 11) is -1.02. The van der Waals surface area contributed by atoms with E-state index in [9.17, 15) is 18.0 Å². The summed E-state index contributed by atoms with van der Waals surface area (Å²) in [6.07, 6.45) is 0.352. The van der Waals surface area contributed by atoms with Crippen molar-refractivity contribution in [2.75, 3.05) is 25.0 Å². The number of hydrogen-bond acceptors (Lipinski definition) is 5. The Labute approximate surface area is 225 Å². The van der Waals surface area contributed by atoms with E-state index in [1.54, 1.807) is 55.6 Å². The van der Waals surface area contributed by atoms with Gasteiger partial charge >= 0.3 is 0 Å². The van der Waals surface area contributed by atoms with E-state index in [4.69, 9.17) is 4.74 Å². The molecule has 0 unspecified atom stereocenters. The largest absolute Gasteiger partial charge is 0.497 e. The summed E-state index contributed by atoms with van der Waals surface area (Å²) < 4.78 is 34.1. The number of likely N-dealkylation sites (N-methyl/N-ethyl adjacent to an activating group) is 1. The van der Waals surface area contributed by atoms with E-state index in [2.05, 4.69) is 5.32 Å². The topological polar surface area (TPSA) is 96.0 Å². The zero-order chi connectivity index (χ0) is 27.9. The number of nitrogens with zero attached hydrogens (tertiary/aromatic N) is 2. The van der Waals surface area contributed by atoms with Gasteiger partial charge in [0.2, 0.25) is 11.8 Å². The lowest BCUT2D eigenvalue weighted by atomic mass is 10.1. The molecule has 1 atom stereocenters. The van der Waals surface area contributed by atoms with Crippen LogP contribution in [0.3, 0.4) is 0 Å². The molecule has 0 saturated carbocycles. The molecule has 0 bridgehead atoms. The number of ether oxygens (including phenoxy) is 1. The van der Waals surface area contributed by atoms with E-state index in [0.29, 0.717) is 17.9 Å². The summed E-state index contributed by atoms with van der Waals surface area (Å²) in [4.78, 5) is 28.2. The van der Waals surface area contributed by atoms with Gasteiger partial charge < -0.3 is 15.0 Å². The van der Waals surface area contributed by atoms with Crippen LogP contribution >= 0.6 is 0 Å². The standard InChI is InChI=1S/C29H35N3O5S/c1-6-27(29(34)30-4)31(19-23-11-10-12-25(18-23)37-5)28(33)20-32(24-16-15-21(2)22(3)17-24)38(35,36)26-13-8-7-9-14-26/h7-18,27H,6,19-20H2,1-5H3,(H,30,34)/t27-/m1/s1. The number of benzene rings is 3. The second-order valence-corrected chi connectivity index (χ2v) is 10.9. The third-order valence-corrected chi connectivity index (χ3v) is 8.30. The molecule has 0 aromatic heterocycles. The summed E-state index contributed by atoms with van der Waals surface area (Å²) >= 11 is 0. The molecular formula is C29H35N3O5S. The van der Waals surface area contributed by atoms with Crippen LogP contribution in [-0.2, 0) is 26.2 Å². The van der Waals surface area contributed by atoms with Gasteiger partial charge in [-0.2, -0.15) is 0 Å². The average molecular weight is 538 g/mol. The number of hydrogen-bond donors (Lipinski definition) is 1. The SMILES string of the molecule is CC[C@H](C(=O)NC)N(Cc1cccc(OC)c1)C(=O)CN(c1ccc(C)c(C)c1)S(=O)(=O)c1ccccc1. The molecule has 202 valence electrons. The fourth-order valence-corrected chi connectivity index (χ4v) is 5.61. The predicted molar refractivity (Wildman–Crippen MR) is 149 cm³/mol. The number of amides is 2. The lowest BCUT2D eigenvalue weighted by Crippen LogP contribution is -2.51. The van der Waals surface area contributed by atoms with Gasteiger partial charge in [-0.3, -0.25) is 13.9 Å². The van der Waals surface area contributed by atoms with Crippen molar-refractivity contribution in [3.8, 4) is 5.75 Å². The molecule has 3 rings (SSSR count). The Morgan fingerprint density at radius 1 is 0.947 bits per heavy atom. The molecule has 38 heavy (non-hydrogen) atoms. The molecule has 1 N–H and O–H groups in total. The van der Waals surface area contributed by atoms with Crippen molar-refractivity contribution in [1.29, 1.82) is 0 Å². The van der Waals surface area contributed by atoms with Crippen molar-refractivity contribution < 1.29 is 22.7 Å². The Bertz CT molecular complexity index is 1380. The highest BCUT2D eigenvalue weighted by molar-refractivity contribution is 7.92. The van der Waals surface area contributed by atoms with E-state index in [1.165, 1.54) is 24.1 Å². The van der Waals surface area contributed by atoms with Gasteiger partial charge in [-0.25, -0.2) is 8.42 Å². The van der Waals surface area contributed by atoms with Crippen LogP contribution in [0.15, 0.2) is 77.7 Å². The third-order valence-electron chi connectivity index (χ3n) is 6.51. The van der Waals surface area contributed by atoms with Gasteiger partial charge in [0.05, 0.1) is 17.7 Å². The third kappa shape index (κ3) is 6.52. The second kappa shape index (κ2) is 12.6. The lowest BCUT2D eigenvalue weighted by molar-refractivity contribution is -0.140. The van der Waals surface area contributed by atoms with Crippen LogP contribution in [-0.4, -0.2) is 51.9 Å². The smallest absolute Gasteiger partial charge is 0.264 e. The summed E-state index contributed by atoms with van der Waals surface area (Å²) in [6, 6.07) is 19.7. The van der Waals surface area contributed by atoms with Crippen molar-refractivity contribution in [2.24, 2.45) is 0 Å². The van der Waals surface area contributed by atoms with E-state index in [1.807, 2.05) is 32.9 Å². The van der Waals surface area contributed by atoms with Gasteiger partial charge in [0.1, 0.15) is 18.3 Å². The molecule has 0 heterocycles. The molecule has 3 aromatic rings. The van der Waals surface area contributed by atoms with Crippen molar-refractivity contribution in [2.45, 2.75) is 44.7 Å². The number of sulfonamides is 1. The van der Waals surface area contributed by atoms with Gasteiger partial charge in [0, 0.05) is 13.6 Å². The summed E-state index contributed by atoms with van der Waals surface area (Å²) in [6.45, 7) is 5.27. The number of methoxy groups -OCH3 is 1. The highest BCUT2D eigenvalue weighted by Gasteiger charge is 2.33. The van der Waals surface area contributed by atoms with E-state index >= 15 is 0 Å². The number of carbonyl (C=O) groups is 2. The van der Waals surface area contributed by atoms with Crippen LogP contribution in [0.5, 0.6) is 5.75 Å². The average Bonchev–Trinajstić information content (AvgIpc) is 2.93. The minimum Gasteiger partial charge on any atom is -0.497 e. The molecule has 0 spiro atoms. The van der Waals surface area contributed by atoms with E-state index in [-0.39, 0.29) is 17.3 Å². The van der Waals surface area contributed by atoms with E-state index in [0.717, 1.165) is 21.0 Å². The first-order chi connectivity index (χ1) is 18.1. The van der Waals surface area contributed by atoms with Crippen LogP contribution in [0, 0.1) is 13.8 Å². The Morgan fingerprint density at radius 3 is 2.26 bits per heavy atom. The van der Waals surface area contributed by atoms with Crippen LogP contribution in [0.1, 0.15) is 30.0 Å². The summed E-state index contributed by atoms with van der Waals surface area (Å²) in [5.74, 6) is -0.209. The number of aryl methyl sites for hydroxylation is 2. The maximum atomic E-state index is 13.9. The van der Waals surface area contributed by atoms with Crippen LogP contribution in [0.25, 0.3) is 0 Å². The first-order valence-electron chi connectivity index (χ1n) is 12.4. The molecule has 0 aliphatic rings. The number of nitrogens with one attached hydrogen (secondary N) is 1. The van der Waals surface area contributed by atoms with Crippen LogP contribution < -0.4 is 14.4 Å². The maximum Gasteiger partial charge on any atom is 0.264 e. The quantitative estimate of drug-likeness (QED) is 0.398. The molecule has 0 saturated heterocycles. The van der Waals surface area contributed by atoms with Crippen molar-refractivity contribution in [1.82, 2.24) is 10.2 Å². The van der Waals surface area contributed by atoms with E-state index < -0.39 is 28.5 Å². The molecule has 0 aliphatic carbocycles. The van der Waals surface area contributed by atoms with Crippen LogP contribution in [0.2, 0.25) is 0 Å². The molecule has 0 fully saturated rings. The predicted octanol–water partition coefficient (Wildman–Crippen LogP) is 4.06. The molecule has 0 radical (unpaired) electrons. The molecule has 9 heteroatoms. The zero-order valence-electron chi connectivity index (χ0n) is 22.5. The summed E-state index contributed by atoms with van der Waals surface area (Å²) in [5, 5.41) is 2.63. The molecule has 8 nitrogen and oxygen atoms in total. The second-order valence-electron chi connectivity index (χ2n) is 9.00. The Balaban J connectivity index is 2.07. The minimum absolute atomic E-state index is 0.0729. The Hall–Kier alpha value is -3.85. The molecule has 3 aromatic carbocycles. The lowest BCUT2D eigenvalue weighted by Gasteiger charge is -2.33. The van der Waals surface area contributed by atoms with Gasteiger partial charge in [0.15, 0.2) is 0 Å². The fourth-order valence-electron chi connectivity index (χ4n) is 4.18. The highest BCUT2D eigenvalue weighted by Crippen LogP contribution is 2.27. The maximum absolute atomic E-state index is 13.9. The van der Waals surface area contributed by atoms with Gasteiger partial charge in [0.25, 0.3) is 10.0 Å². The first-order valence-corrected chi connectivity index (χ1v) is 13.8. The number of rotatable bonds is 11. The van der Waals surface area contributed by atoms with Crippen molar-refractivity contribution >= 4 is 27.5 Å². The minimum atomic E-state index is -4.09. The first kappa shape index (κ1) is 28.7. The highest BCUT2D eigenvalue weighted by atomic mass is 32.2. The fraction of sp³-hybridized carbons (Fsp3) is 0.310. The van der Waals surface area contributed by atoms with Crippen molar-refractivity contribution in [3.63, 3.8) is 0 Å². The van der Waals surface area contributed by atoms with Gasteiger partial charge in [-0.05, 0) is 73.4 Å². The van der Waals surface area contributed by atoms with Crippen molar-refractivity contribution in [3.05, 3.63) is 89.5 Å². The number of carbonyl (C=O) groups excluding carboxylic acids is 2. The number of anilines is 1. The normalized spacial score (nSPS) is 11.9.